The lowest BCUT2D eigenvalue weighted by Gasteiger charge is -2.06. The van der Waals surface area contributed by atoms with E-state index in [1.165, 1.54) is 11.3 Å². The molecule has 2 aromatic rings. The van der Waals surface area contributed by atoms with Crippen LogP contribution < -0.4 is 5.14 Å². The van der Waals surface area contributed by atoms with Crippen LogP contribution in [0.3, 0.4) is 0 Å². The van der Waals surface area contributed by atoms with Crippen LogP contribution in [0.4, 0.5) is 0 Å². The fraction of sp³-hybridized carbons (Fsp3) is 0.400. The average Bonchev–Trinajstić information content (AvgIpc) is 2.86. The summed E-state index contributed by atoms with van der Waals surface area (Å²) in [5.74, 6) is 0.606. The van der Waals surface area contributed by atoms with Crippen molar-refractivity contribution in [2.45, 2.75) is 31.0 Å². The molecule has 0 spiro atoms. The maximum Gasteiger partial charge on any atom is 0.273 e. The molecule has 0 bridgehead atoms. The van der Waals surface area contributed by atoms with Gasteiger partial charge in [-0.2, -0.15) is 0 Å². The fourth-order valence-electron chi connectivity index (χ4n) is 1.89. The normalized spacial score (nSPS) is 16.1. The van der Waals surface area contributed by atoms with Gasteiger partial charge in [0.1, 0.15) is 0 Å². The molecule has 2 N–H and O–H groups in total. The minimum atomic E-state index is -3.83. The molecule has 1 saturated carbocycles. The van der Waals surface area contributed by atoms with Gasteiger partial charge in [-0.3, -0.25) is 4.57 Å². The van der Waals surface area contributed by atoms with Gasteiger partial charge < -0.3 is 0 Å². The van der Waals surface area contributed by atoms with E-state index < -0.39 is 10.0 Å². The summed E-state index contributed by atoms with van der Waals surface area (Å²) in [5, 5.41) is 14.8. The third-order valence-electron chi connectivity index (χ3n) is 2.90. The Kier molecular flexibility index (Phi) is 2.54. The summed E-state index contributed by atoms with van der Waals surface area (Å²) in [7, 11) is -3.83. The molecule has 1 aliphatic carbocycles. The number of aryl methyl sites for hydroxylation is 1. The Balaban J connectivity index is 2.23. The van der Waals surface area contributed by atoms with Gasteiger partial charge in [0.2, 0.25) is 0 Å². The van der Waals surface area contributed by atoms with Crippen LogP contribution in [0.5, 0.6) is 0 Å². The molecule has 8 heteroatoms. The highest BCUT2D eigenvalue weighted by Crippen LogP contribution is 2.41. The molecule has 2 heterocycles. The maximum atomic E-state index is 11.5. The summed E-state index contributed by atoms with van der Waals surface area (Å²) in [5.41, 5.74) is 1.07. The number of sulfonamides is 1. The van der Waals surface area contributed by atoms with Gasteiger partial charge in [-0.15, -0.1) is 21.5 Å². The van der Waals surface area contributed by atoms with Gasteiger partial charge in [-0.05, 0) is 36.8 Å². The Morgan fingerprint density at radius 3 is 2.67 bits per heavy atom. The first kappa shape index (κ1) is 11.8. The Bertz CT molecular complexity index is 697. The highest BCUT2D eigenvalue weighted by atomic mass is 32.2. The molecule has 0 radical (unpaired) electrons. The van der Waals surface area contributed by atoms with E-state index in [2.05, 4.69) is 10.2 Å². The van der Waals surface area contributed by atoms with Gasteiger partial charge in [-0.1, -0.05) is 0 Å². The first-order valence-corrected chi connectivity index (χ1v) is 7.93. The first-order chi connectivity index (χ1) is 8.48. The first-order valence-electron chi connectivity index (χ1n) is 5.50. The van der Waals surface area contributed by atoms with Gasteiger partial charge in [0.15, 0.2) is 5.82 Å². The second kappa shape index (κ2) is 3.87. The topological polar surface area (TPSA) is 90.9 Å². The molecule has 0 aromatic carbocycles. The highest BCUT2D eigenvalue weighted by Gasteiger charge is 2.34. The predicted molar refractivity (Wildman–Crippen MR) is 67.7 cm³/mol. The van der Waals surface area contributed by atoms with E-state index in [-0.39, 0.29) is 11.2 Å². The largest absolute Gasteiger partial charge is 0.293 e. The van der Waals surface area contributed by atoms with Crippen molar-refractivity contribution in [2.75, 3.05) is 0 Å². The summed E-state index contributed by atoms with van der Waals surface area (Å²) in [6, 6.07) is 2.13. The number of hydrogen-bond donors (Lipinski definition) is 1. The average molecular weight is 284 g/mol. The third kappa shape index (κ3) is 1.86. The number of primary sulfonamides is 1. The molecule has 96 valence electrons. The standard InChI is InChI=1S/C10H12N4O2S2/c1-6-4-5-17-8(6)9-12-13-10(18(11,15)16)14(9)7-2-3-7/h4-5,7H,2-3H2,1H3,(H2,11,15,16). The summed E-state index contributed by atoms with van der Waals surface area (Å²) in [6.07, 6.45) is 1.88. The number of thiophene rings is 1. The number of hydrogen-bond acceptors (Lipinski definition) is 5. The molecule has 0 amide bonds. The molecule has 3 rings (SSSR count). The Hall–Kier alpha value is -1.25. The van der Waals surface area contributed by atoms with Crippen molar-refractivity contribution in [1.82, 2.24) is 14.8 Å². The monoisotopic (exact) mass is 284 g/mol. The molecule has 0 saturated heterocycles. The van der Waals surface area contributed by atoms with Crippen LogP contribution in [-0.4, -0.2) is 23.2 Å². The zero-order valence-corrected chi connectivity index (χ0v) is 11.3. The van der Waals surface area contributed by atoms with Crippen LogP contribution >= 0.6 is 11.3 Å². The molecule has 1 fully saturated rings. The molecule has 18 heavy (non-hydrogen) atoms. The SMILES string of the molecule is Cc1ccsc1-c1nnc(S(N)(=O)=O)n1C1CC1. The molecule has 2 aromatic heterocycles. The zero-order valence-electron chi connectivity index (χ0n) is 9.70. The summed E-state index contributed by atoms with van der Waals surface area (Å²) >= 11 is 1.53. The van der Waals surface area contributed by atoms with E-state index in [4.69, 9.17) is 5.14 Å². The molecular formula is C10H12N4O2S2. The van der Waals surface area contributed by atoms with Gasteiger partial charge in [0.05, 0.1) is 4.88 Å². The highest BCUT2D eigenvalue weighted by molar-refractivity contribution is 7.89. The van der Waals surface area contributed by atoms with Crippen LogP contribution in [0.1, 0.15) is 24.4 Å². The quantitative estimate of drug-likeness (QED) is 0.919. The lowest BCUT2D eigenvalue weighted by Crippen LogP contribution is -2.18. The summed E-state index contributed by atoms with van der Waals surface area (Å²) in [4.78, 5) is 0.948. The molecule has 0 unspecified atom stereocenters. The third-order valence-corrected chi connectivity index (χ3v) is 4.70. The van der Waals surface area contributed by atoms with Crippen molar-refractivity contribution >= 4 is 21.4 Å². The van der Waals surface area contributed by atoms with Gasteiger partial charge >= 0.3 is 0 Å². The van der Waals surface area contributed by atoms with Crippen LogP contribution in [0.2, 0.25) is 0 Å². The van der Waals surface area contributed by atoms with Crippen molar-refractivity contribution in [1.29, 1.82) is 0 Å². The minimum Gasteiger partial charge on any atom is -0.293 e. The number of rotatable bonds is 3. The fourth-order valence-corrected chi connectivity index (χ4v) is 3.46. The lowest BCUT2D eigenvalue weighted by atomic mass is 10.3. The van der Waals surface area contributed by atoms with E-state index in [1.807, 2.05) is 18.4 Å². The zero-order chi connectivity index (χ0) is 12.9. The predicted octanol–water partition coefficient (Wildman–Crippen LogP) is 1.30. The summed E-state index contributed by atoms with van der Waals surface area (Å²) in [6.45, 7) is 1.97. The van der Waals surface area contributed by atoms with Crippen molar-refractivity contribution < 1.29 is 8.42 Å². The van der Waals surface area contributed by atoms with Gasteiger partial charge in [0.25, 0.3) is 15.2 Å². The van der Waals surface area contributed by atoms with E-state index in [1.54, 1.807) is 4.57 Å². The molecule has 0 aliphatic heterocycles. The van der Waals surface area contributed by atoms with Crippen molar-refractivity contribution in [3.63, 3.8) is 0 Å². The Morgan fingerprint density at radius 2 is 2.17 bits per heavy atom. The molecule has 0 atom stereocenters. The number of aromatic nitrogens is 3. The van der Waals surface area contributed by atoms with E-state index >= 15 is 0 Å². The van der Waals surface area contributed by atoms with E-state index in [9.17, 15) is 8.42 Å². The summed E-state index contributed by atoms with van der Waals surface area (Å²) < 4.78 is 24.7. The second-order valence-corrected chi connectivity index (χ2v) is 6.76. The van der Waals surface area contributed by atoms with Crippen molar-refractivity contribution in [2.24, 2.45) is 5.14 Å². The minimum absolute atomic E-state index is 0.132. The smallest absolute Gasteiger partial charge is 0.273 e. The van der Waals surface area contributed by atoms with Gasteiger partial charge in [-0.25, -0.2) is 13.6 Å². The number of nitrogens with zero attached hydrogens (tertiary/aromatic N) is 3. The Labute approximate surface area is 109 Å². The van der Waals surface area contributed by atoms with Gasteiger partial charge in [0, 0.05) is 6.04 Å². The molecular weight excluding hydrogens is 272 g/mol. The maximum absolute atomic E-state index is 11.5. The van der Waals surface area contributed by atoms with E-state index in [0.717, 1.165) is 23.3 Å². The number of nitrogens with two attached hydrogens (primary N) is 1. The van der Waals surface area contributed by atoms with E-state index in [0.29, 0.717) is 5.82 Å². The van der Waals surface area contributed by atoms with Crippen LogP contribution in [0.25, 0.3) is 10.7 Å². The second-order valence-electron chi connectivity index (χ2n) is 4.39. The van der Waals surface area contributed by atoms with Crippen LogP contribution in [-0.2, 0) is 10.0 Å². The Morgan fingerprint density at radius 1 is 1.44 bits per heavy atom. The lowest BCUT2D eigenvalue weighted by molar-refractivity contribution is 0.567. The van der Waals surface area contributed by atoms with Crippen LogP contribution in [0, 0.1) is 6.92 Å². The van der Waals surface area contributed by atoms with Crippen LogP contribution in [0.15, 0.2) is 16.6 Å². The van der Waals surface area contributed by atoms with Crippen molar-refractivity contribution in [3.05, 3.63) is 17.0 Å². The molecule has 1 aliphatic rings. The molecule has 6 nitrogen and oxygen atoms in total. The van der Waals surface area contributed by atoms with Crippen molar-refractivity contribution in [3.8, 4) is 10.7 Å².